The minimum atomic E-state index is -2.58. The van der Waals surface area contributed by atoms with Crippen molar-refractivity contribution in [3.8, 4) is 11.8 Å². The molecule has 3 aromatic carbocycles. The fourth-order valence-corrected chi connectivity index (χ4v) is 12.5. The van der Waals surface area contributed by atoms with Gasteiger partial charge in [-0.05, 0) is 86.7 Å². The number of carbonyl (C=O) groups excluding carboxylic acids is 1. The van der Waals surface area contributed by atoms with Gasteiger partial charge in [0.15, 0.2) is 0 Å². The van der Waals surface area contributed by atoms with Gasteiger partial charge in [0.2, 0.25) is 0 Å². The van der Waals surface area contributed by atoms with Crippen LogP contribution in [0, 0.1) is 18.8 Å². The molecule has 1 aliphatic heterocycles. The SMILES string of the molecule is CCN(c1cc(C#CCN2CC(O[Si](c3ccccc3)(c3ccccc3)C(C)(C)C)C2)cc(C(=O)OC)c1C)[C@H]1CC[C@H](N(C)C)CC1. The van der Waals surface area contributed by atoms with Gasteiger partial charge in [0.05, 0.1) is 25.3 Å². The van der Waals surface area contributed by atoms with Crippen LogP contribution in [0.2, 0.25) is 5.04 Å². The number of nitrogens with zero attached hydrogens (tertiary/aromatic N) is 3. The van der Waals surface area contributed by atoms with Crippen LogP contribution < -0.4 is 15.3 Å². The summed E-state index contributed by atoms with van der Waals surface area (Å²) in [6, 6.07) is 26.9. The van der Waals surface area contributed by atoms with Crippen molar-refractivity contribution >= 4 is 30.3 Å². The Labute approximate surface area is 290 Å². The van der Waals surface area contributed by atoms with Gasteiger partial charge in [-0.3, -0.25) is 4.90 Å². The molecule has 6 nitrogen and oxygen atoms in total. The van der Waals surface area contributed by atoms with Crippen LogP contribution in [-0.4, -0.2) is 89.7 Å². The zero-order valence-electron chi connectivity index (χ0n) is 30.4. The normalized spacial score (nSPS) is 18.9. The van der Waals surface area contributed by atoms with E-state index in [0.29, 0.717) is 24.2 Å². The maximum Gasteiger partial charge on any atom is 0.338 e. The maximum atomic E-state index is 12.9. The molecule has 0 amide bonds. The van der Waals surface area contributed by atoms with E-state index in [1.54, 1.807) is 0 Å². The third-order valence-electron chi connectivity index (χ3n) is 10.5. The zero-order valence-corrected chi connectivity index (χ0v) is 31.4. The van der Waals surface area contributed by atoms with E-state index in [-0.39, 0.29) is 17.1 Å². The van der Waals surface area contributed by atoms with E-state index >= 15 is 0 Å². The quantitative estimate of drug-likeness (QED) is 0.148. The highest BCUT2D eigenvalue weighted by molar-refractivity contribution is 6.99. The van der Waals surface area contributed by atoms with Crippen LogP contribution in [0.1, 0.15) is 74.9 Å². The lowest BCUT2D eigenvalue weighted by Gasteiger charge is -2.49. The molecular weight excluding hydrogens is 611 g/mol. The molecule has 0 atom stereocenters. The van der Waals surface area contributed by atoms with Crippen LogP contribution in [0.3, 0.4) is 0 Å². The van der Waals surface area contributed by atoms with Gasteiger partial charge in [-0.15, -0.1) is 0 Å². The highest BCUT2D eigenvalue weighted by Gasteiger charge is 2.52. The van der Waals surface area contributed by atoms with E-state index in [0.717, 1.165) is 49.3 Å². The number of esters is 1. The fourth-order valence-electron chi connectivity index (χ4n) is 7.82. The molecule has 2 fully saturated rings. The Morgan fingerprint density at radius 1 is 0.917 bits per heavy atom. The predicted molar refractivity (Wildman–Crippen MR) is 201 cm³/mol. The predicted octanol–water partition coefficient (Wildman–Crippen LogP) is 6.09. The summed E-state index contributed by atoms with van der Waals surface area (Å²) in [5, 5.41) is 2.57. The van der Waals surface area contributed by atoms with Crippen LogP contribution in [0.5, 0.6) is 0 Å². The summed E-state index contributed by atoms with van der Waals surface area (Å²) >= 11 is 0. The molecule has 48 heavy (non-hydrogen) atoms. The first-order chi connectivity index (χ1) is 23.0. The van der Waals surface area contributed by atoms with E-state index < -0.39 is 8.32 Å². The van der Waals surface area contributed by atoms with Crippen molar-refractivity contribution in [1.82, 2.24) is 9.80 Å². The number of anilines is 1. The molecule has 2 aliphatic rings. The van der Waals surface area contributed by atoms with Crippen molar-refractivity contribution in [1.29, 1.82) is 0 Å². The van der Waals surface area contributed by atoms with Gasteiger partial charge in [-0.2, -0.15) is 0 Å². The van der Waals surface area contributed by atoms with Crippen molar-refractivity contribution in [2.24, 2.45) is 0 Å². The molecule has 1 saturated carbocycles. The molecule has 5 rings (SSSR count). The first-order valence-corrected chi connectivity index (χ1v) is 19.6. The summed E-state index contributed by atoms with van der Waals surface area (Å²) < 4.78 is 12.5. The van der Waals surface area contributed by atoms with Crippen LogP contribution in [0.15, 0.2) is 72.8 Å². The second-order valence-electron chi connectivity index (χ2n) is 14.8. The van der Waals surface area contributed by atoms with Gasteiger partial charge < -0.3 is 19.0 Å². The standard InChI is InChI=1S/C41H55N3O3Si/c1-9-44(34-24-22-33(23-25-34)42(6)7)39-28-32(27-38(31(39)2)40(45)46-8)17-16-26-43-29-35(30-43)47-48(41(3,4)5,36-18-12-10-13-19-36)37-20-14-11-15-21-37/h10-15,18-21,27-28,33-35H,9,22-26,29-30H2,1-8H3/t33-,34-. The second kappa shape index (κ2) is 15.4. The average Bonchev–Trinajstić information content (AvgIpc) is 3.07. The van der Waals surface area contributed by atoms with Gasteiger partial charge in [0, 0.05) is 43.0 Å². The smallest absolute Gasteiger partial charge is 0.338 e. The number of likely N-dealkylation sites (tertiary alicyclic amines) is 1. The molecule has 1 saturated heterocycles. The Morgan fingerprint density at radius 3 is 1.98 bits per heavy atom. The molecule has 3 aromatic rings. The molecule has 0 aromatic heterocycles. The van der Waals surface area contributed by atoms with Gasteiger partial charge >= 0.3 is 5.97 Å². The number of carbonyl (C=O) groups is 1. The van der Waals surface area contributed by atoms with Crippen molar-refractivity contribution in [3.05, 3.63) is 89.5 Å². The van der Waals surface area contributed by atoms with Crippen LogP contribution >= 0.6 is 0 Å². The van der Waals surface area contributed by atoms with Crippen molar-refractivity contribution in [2.45, 2.75) is 83.5 Å². The monoisotopic (exact) mass is 665 g/mol. The molecule has 0 N–H and O–H groups in total. The maximum absolute atomic E-state index is 12.9. The number of ether oxygens (including phenoxy) is 1. The lowest BCUT2D eigenvalue weighted by Crippen LogP contribution is -2.70. The second-order valence-corrected chi connectivity index (χ2v) is 19.0. The largest absolute Gasteiger partial charge is 0.465 e. The van der Waals surface area contributed by atoms with Crippen LogP contribution in [-0.2, 0) is 9.16 Å². The van der Waals surface area contributed by atoms with E-state index in [4.69, 9.17) is 9.16 Å². The van der Waals surface area contributed by atoms with Gasteiger partial charge in [-0.25, -0.2) is 4.79 Å². The van der Waals surface area contributed by atoms with E-state index in [2.05, 4.69) is 135 Å². The summed E-state index contributed by atoms with van der Waals surface area (Å²) in [5.74, 6) is 6.52. The topological polar surface area (TPSA) is 45.3 Å². The molecule has 0 bridgehead atoms. The van der Waals surface area contributed by atoms with Crippen LogP contribution in [0.4, 0.5) is 5.69 Å². The summed E-state index contributed by atoms with van der Waals surface area (Å²) in [6.07, 6.45) is 4.81. The van der Waals surface area contributed by atoms with Crippen molar-refractivity contribution in [3.63, 3.8) is 0 Å². The molecule has 0 spiro atoms. The number of rotatable bonds is 10. The third kappa shape index (κ3) is 7.58. The Morgan fingerprint density at radius 2 is 1.48 bits per heavy atom. The Balaban J connectivity index is 1.32. The summed E-state index contributed by atoms with van der Waals surface area (Å²) in [7, 11) is 3.24. The fraction of sp³-hybridized carbons (Fsp3) is 0.488. The number of hydrogen-bond acceptors (Lipinski definition) is 6. The molecule has 1 aliphatic carbocycles. The number of benzene rings is 3. The molecule has 7 heteroatoms. The Hall–Kier alpha value is -3.41. The number of hydrogen-bond donors (Lipinski definition) is 0. The first kappa shape index (κ1) is 35.9. The first-order valence-electron chi connectivity index (χ1n) is 17.6. The molecule has 0 unspecified atom stereocenters. The summed E-state index contributed by atoms with van der Waals surface area (Å²) in [5.41, 5.74) is 3.52. The molecule has 1 heterocycles. The van der Waals surface area contributed by atoms with E-state index in [9.17, 15) is 4.79 Å². The Kier molecular flexibility index (Phi) is 11.5. The highest BCUT2D eigenvalue weighted by Crippen LogP contribution is 2.38. The van der Waals surface area contributed by atoms with Crippen molar-refractivity contribution in [2.75, 3.05) is 52.3 Å². The highest BCUT2D eigenvalue weighted by atomic mass is 28.4. The summed E-state index contributed by atoms with van der Waals surface area (Å²) in [6.45, 7) is 14.5. The lowest BCUT2D eigenvalue weighted by molar-refractivity contribution is 0.0226. The molecule has 256 valence electrons. The van der Waals surface area contributed by atoms with Crippen LogP contribution in [0.25, 0.3) is 0 Å². The van der Waals surface area contributed by atoms with Gasteiger partial charge in [0.25, 0.3) is 8.32 Å². The van der Waals surface area contributed by atoms with Gasteiger partial charge in [0.1, 0.15) is 0 Å². The third-order valence-corrected chi connectivity index (χ3v) is 15.6. The van der Waals surface area contributed by atoms with Gasteiger partial charge in [-0.1, -0.05) is 93.3 Å². The molecular formula is C41H55N3O3Si. The summed E-state index contributed by atoms with van der Waals surface area (Å²) in [4.78, 5) is 20.1. The van der Waals surface area contributed by atoms with E-state index in [1.807, 2.05) is 13.0 Å². The minimum Gasteiger partial charge on any atom is -0.465 e. The Bertz CT molecular complexity index is 1540. The van der Waals surface area contributed by atoms with Crippen molar-refractivity contribution < 1.29 is 14.0 Å². The lowest BCUT2D eigenvalue weighted by atomic mass is 9.88. The molecule has 0 radical (unpaired) electrons. The number of methoxy groups -OCH3 is 1. The minimum absolute atomic E-state index is 0.0471. The zero-order chi connectivity index (χ0) is 34.5. The van der Waals surface area contributed by atoms with E-state index in [1.165, 1.54) is 30.3 Å². The average molecular weight is 666 g/mol.